The molecule has 0 fully saturated rings. The van der Waals surface area contributed by atoms with Crippen LogP contribution in [0.2, 0.25) is 0 Å². The average Bonchev–Trinajstić information content (AvgIpc) is 2.37. The van der Waals surface area contributed by atoms with Crippen molar-refractivity contribution in [2.75, 3.05) is 12.0 Å². The van der Waals surface area contributed by atoms with E-state index in [1.165, 1.54) is 6.20 Å². The first-order valence-corrected chi connectivity index (χ1v) is 5.62. The zero-order valence-electron chi connectivity index (χ0n) is 9.98. The Balaban J connectivity index is 2.33. The van der Waals surface area contributed by atoms with Crippen LogP contribution >= 0.6 is 0 Å². The highest BCUT2D eigenvalue weighted by Gasteiger charge is 2.06. The number of carbonyl (C=O) groups is 2. The predicted molar refractivity (Wildman–Crippen MR) is 67.4 cm³/mol. The molecule has 0 aromatic carbocycles. The number of nitrogen functional groups attached to an aromatic ring is 1. The van der Waals surface area contributed by atoms with Crippen molar-refractivity contribution in [2.24, 2.45) is 11.6 Å². The van der Waals surface area contributed by atoms with Gasteiger partial charge in [0.25, 0.3) is 5.91 Å². The molecule has 0 aliphatic rings. The van der Waals surface area contributed by atoms with Crippen LogP contribution in [0.25, 0.3) is 0 Å². The van der Waals surface area contributed by atoms with Crippen molar-refractivity contribution in [3.8, 4) is 0 Å². The van der Waals surface area contributed by atoms with E-state index in [1.54, 1.807) is 12.1 Å². The Morgan fingerprint density at radius 1 is 1.33 bits per heavy atom. The van der Waals surface area contributed by atoms with E-state index in [0.717, 1.165) is 0 Å². The lowest BCUT2D eigenvalue weighted by atomic mass is 10.2. The van der Waals surface area contributed by atoms with Gasteiger partial charge in [-0.2, -0.15) is 0 Å². The first-order chi connectivity index (χ1) is 8.63. The molecular formula is C11H17N5O2. The Kier molecular flexibility index (Phi) is 5.59. The van der Waals surface area contributed by atoms with Gasteiger partial charge in [0.15, 0.2) is 0 Å². The number of hydrazine groups is 1. The lowest BCUT2D eigenvalue weighted by Crippen LogP contribution is -2.25. The van der Waals surface area contributed by atoms with Gasteiger partial charge in [0.05, 0.1) is 5.69 Å². The fraction of sp³-hybridized carbons (Fsp3) is 0.364. The SMILES string of the molecule is NNc1ccnc(C(=O)NCCCCC(N)=O)c1. The summed E-state index contributed by atoms with van der Waals surface area (Å²) in [5.74, 6) is 4.63. The van der Waals surface area contributed by atoms with Crippen molar-refractivity contribution in [2.45, 2.75) is 19.3 Å². The number of anilines is 1. The van der Waals surface area contributed by atoms with Crippen LogP contribution < -0.4 is 22.3 Å². The summed E-state index contributed by atoms with van der Waals surface area (Å²) in [6, 6.07) is 3.21. The maximum Gasteiger partial charge on any atom is 0.269 e. The van der Waals surface area contributed by atoms with Crippen LogP contribution in [-0.2, 0) is 4.79 Å². The summed E-state index contributed by atoms with van der Waals surface area (Å²) in [5.41, 5.74) is 8.35. The summed E-state index contributed by atoms with van der Waals surface area (Å²) in [4.78, 5) is 26.1. The molecule has 0 atom stereocenters. The van der Waals surface area contributed by atoms with E-state index < -0.39 is 0 Å². The number of primary amides is 1. The Morgan fingerprint density at radius 2 is 2.11 bits per heavy atom. The number of nitrogens with one attached hydrogen (secondary N) is 2. The fourth-order valence-electron chi connectivity index (χ4n) is 1.36. The van der Waals surface area contributed by atoms with Gasteiger partial charge < -0.3 is 16.5 Å². The van der Waals surface area contributed by atoms with E-state index in [-0.39, 0.29) is 11.8 Å². The van der Waals surface area contributed by atoms with Gasteiger partial charge in [-0.15, -0.1) is 0 Å². The summed E-state index contributed by atoms with van der Waals surface area (Å²) in [5, 5.41) is 2.70. The number of amides is 2. The highest BCUT2D eigenvalue weighted by Crippen LogP contribution is 2.05. The van der Waals surface area contributed by atoms with Crippen molar-refractivity contribution in [1.82, 2.24) is 10.3 Å². The van der Waals surface area contributed by atoms with Gasteiger partial charge in [-0.05, 0) is 25.0 Å². The minimum Gasteiger partial charge on any atom is -0.370 e. The molecule has 0 aliphatic heterocycles. The van der Waals surface area contributed by atoms with Crippen LogP contribution in [0, 0.1) is 0 Å². The third-order valence-corrected chi connectivity index (χ3v) is 2.29. The number of aromatic nitrogens is 1. The summed E-state index contributed by atoms with van der Waals surface area (Å²) in [6.07, 6.45) is 3.19. The lowest BCUT2D eigenvalue weighted by molar-refractivity contribution is -0.118. The molecule has 7 nitrogen and oxygen atoms in total. The highest BCUT2D eigenvalue weighted by atomic mass is 16.2. The molecule has 0 radical (unpaired) electrons. The first-order valence-electron chi connectivity index (χ1n) is 5.62. The second-order valence-corrected chi connectivity index (χ2v) is 3.75. The number of unbranched alkanes of at least 4 members (excludes halogenated alkanes) is 1. The van der Waals surface area contributed by atoms with Crippen LogP contribution in [0.15, 0.2) is 18.3 Å². The third kappa shape index (κ3) is 4.79. The molecule has 0 bridgehead atoms. The number of hydrogen-bond acceptors (Lipinski definition) is 5. The number of nitrogens with zero attached hydrogens (tertiary/aromatic N) is 1. The van der Waals surface area contributed by atoms with E-state index in [9.17, 15) is 9.59 Å². The van der Waals surface area contributed by atoms with Gasteiger partial charge in [0.2, 0.25) is 5.91 Å². The van der Waals surface area contributed by atoms with Crippen molar-refractivity contribution in [3.05, 3.63) is 24.0 Å². The molecule has 7 heteroatoms. The Hall–Kier alpha value is -2.15. The minimum atomic E-state index is -0.329. The molecule has 0 saturated carbocycles. The maximum atomic E-state index is 11.7. The monoisotopic (exact) mass is 251 g/mol. The smallest absolute Gasteiger partial charge is 0.269 e. The van der Waals surface area contributed by atoms with Crippen LogP contribution in [0.3, 0.4) is 0 Å². The standard InChI is InChI=1S/C11H17N5O2/c12-10(17)3-1-2-5-15-11(18)9-7-8(16-13)4-6-14-9/h4,6-7H,1-3,5,13H2,(H2,12,17)(H,14,16)(H,15,18). The van der Waals surface area contributed by atoms with E-state index >= 15 is 0 Å². The second-order valence-electron chi connectivity index (χ2n) is 3.75. The van der Waals surface area contributed by atoms with E-state index in [4.69, 9.17) is 11.6 Å². The van der Waals surface area contributed by atoms with Gasteiger partial charge in [-0.1, -0.05) is 0 Å². The molecule has 2 amide bonds. The zero-order chi connectivity index (χ0) is 13.4. The molecule has 1 aromatic rings. The average molecular weight is 251 g/mol. The third-order valence-electron chi connectivity index (χ3n) is 2.29. The molecule has 1 heterocycles. The predicted octanol–water partition coefficient (Wildman–Crippen LogP) is -0.247. The van der Waals surface area contributed by atoms with Crippen molar-refractivity contribution < 1.29 is 9.59 Å². The molecule has 0 spiro atoms. The molecule has 18 heavy (non-hydrogen) atoms. The van der Waals surface area contributed by atoms with E-state index in [0.29, 0.717) is 37.2 Å². The van der Waals surface area contributed by atoms with Crippen molar-refractivity contribution >= 4 is 17.5 Å². The highest BCUT2D eigenvalue weighted by molar-refractivity contribution is 5.93. The van der Waals surface area contributed by atoms with Gasteiger partial charge in [0.1, 0.15) is 5.69 Å². The van der Waals surface area contributed by atoms with Crippen LogP contribution in [0.5, 0.6) is 0 Å². The Labute approximate surface area is 105 Å². The van der Waals surface area contributed by atoms with Crippen molar-refractivity contribution in [3.63, 3.8) is 0 Å². The second kappa shape index (κ2) is 7.23. The molecule has 0 unspecified atom stereocenters. The number of pyridine rings is 1. The number of carbonyl (C=O) groups excluding carboxylic acids is 2. The molecule has 0 saturated heterocycles. The Morgan fingerprint density at radius 3 is 2.78 bits per heavy atom. The largest absolute Gasteiger partial charge is 0.370 e. The van der Waals surface area contributed by atoms with Gasteiger partial charge in [-0.25, -0.2) is 0 Å². The molecule has 1 rings (SSSR count). The fourth-order valence-corrected chi connectivity index (χ4v) is 1.36. The van der Waals surface area contributed by atoms with Crippen LogP contribution in [0.4, 0.5) is 5.69 Å². The van der Waals surface area contributed by atoms with Gasteiger partial charge in [-0.3, -0.25) is 20.4 Å². The summed E-state index contributed by atoms with van der Waals surface area (Å²) in [7, 11) is 0. The number of rotatable bonds is 7. The Bertz CT molecular complexity index is 422. The zero-order valence-corrected chi connectivity index (χ0v) is 9.98. The maximum absolute atomic E-state index is 11.7. The molecule has 0 aliphatic carbocycles. The van der Waals surface area contributed by atoms with Gasteiger partial charge in [0, 0.05) is 19.2 Å². The normalized spacial score (nSPS) is 9.83. The lowest BCUT2D eigenvalue weighted by Gasteiger charge is -2.05. The quantitative estimate of drug-likeness (QED) is 0.302. The number of nitrogens with two attached hydrogens (primary N) is 2. The topological polar surface area (TPSA) is 123 Å². The molecule has 1 aromatic heterocycles. The molecule has 98 valence electrons. The van der Waals surface area contributed by atoms with Crippen molar-refractivity contribution in [1.29, 1.82) is 0 Å². The van der Waals surface area contributed by atoms with Gasteiger partial charge >= 0.3 is 0 Å². The summed E-state index contributed by atoms with van der Waals surface area (Å²) in [6.45, 7) is 0.480. The minimum absolute atomic E-state index is 0.272. The first kappa shape index (κ1) is 13.9. The van der Waals surface area contributed by atoms with E-state index in [1.807, 2.05) is 0 Å². The molecule has 6 N–H and O–H groups in total. The molecular weight excluding hydrogens is 234 g/mol. The van der Waals surface area contributed by atoms with E-state index in [2.05, 4.69) is 15.7 Å². The van der Waals surface area contributed by atoms with Crippen LogP contribution in [0.1, 0.15) is 29.8 Å². The van der Waals surface area contributed by atoms with Crippen LogP contribution in [-0.4, -0.2) is 23.3 Å². The summed E-state index contributed by atoms with van der Waals surface area (Å²) >= 11 is 0. The summed E-state index contributed by atoms with van der Waals surface area (Å²) < 4.78 is 0. The number of hydrogen-bond donors (Lipinski definition) is 4.